The number of rotatable bonds is 1. The van der Waals surface area contributed by atoms with Crippen molar-refractivity contribution in [3.63, 3.8) is 0 Å². The third-order valence-electron chi connectivity index (χ3n) is 3.06. The van der Waals surface area contributed by atoms with Crippen molar-refractivity contribution in [1.29, 1.82) is 0 Å². The molecule has 1 fully saturated rings. The Morgan fingerprint density at radius 3 is 3.31 bits per heavy atom. The molecule has 16 heavy (non-hydrogen) atoms. The molecule has 0 saturated carbocycles. The molecule has 1 saturated heterocycles. The van der Waals surface area contributed by atoms with Crippen molar-refractivity contribution >= 4 is 21.6 Å². The third kappa shape index (κ3) is 1.56. The van der Waals surface area contributed by atoms with Gasteiger partial charge in [0, 0.05) is 6.54 Å². The van der Waals surface area contributed by atoms with E-state index < -0.39 is 0 Å². The first-order chi connectivity index (χ1) is 7.86. The van der Waals surface area contributed by atoms with Crippen LogP contribution in [-0.4, -0.2) is 22.6 Å². The molecule has 0 bridgehead atoms. The molecule has 3 heterocycles. The first-order valence-electron chi connectivity index (χ1n) is 5.51. The number of aromatic nitrogens is 2. The fourth-order valence-electron chi connectivity index (χ4n) is 2.19. The fourth-order valence-corrected chi connectivity index (χ4v) is 2.97. The molecule has 1 atom stereocenters. The van der Waals surface area contributed by atoms with E-state index in [-0.39, 0.29) is 11.6 Å². The van der Waals surface area contributed by atoms with Gasteiger partial charge in [0.2, 0.25) is 0 Å². The van der Waals surface area contributed by atoms with E-state index in [9.17, 15) is 4.79 Å². The predicted molar refractivity (Wildman–Crippen MR) is 65.0 cm³/mol. The Labute approximate surface area is 96.9 Å². The highest BCUT2D eigenvalue weighted by Crippen LogP contribution is 2.18. The van der Waals surface area contributed by atoms with Crippen LogP contribution in [0.2, 0.25) is 0 Å². The van der Waals surface area contributed by atoms with E-state index >= 15 is 0 Å². The molecule has 4 nitrogen and oxygen atoms in total. The van der Waals surface area contributed by atoms with Gasteiger partial charge in [0.05, 0.1) is 17.9 Å². The van der Waals surface area contributed by atoms with Gasteiger partial charge < -0.3 is 5.32 Å². The van der Waals surface area contributed by atoms with Gasteiger partial charge in [0.15, 0.2) is 0 Å². The third-order valence-corrected chi connectivity index (χ3v) is 3.95. The number of nitrogens with one attached hydrogen (secondary N) is 1. The highest BCUT2D eigenvalue weighted by atomic mass is 32.1. The fraction of sp³-hybridized carbons (Fsp3) is 0.455. The Bertz CT molecular complexity index is 554. The van der Waals surface area contributed by atoms with Gasteiger partial charge >= 0.3 is 0 Å². The van der Waals surface area contributed by atoms with E-state index in [1.54, 1.807) is 10.9 Å². The maximum absolute atomic E-state index is 12.2. The van der Waals surface area contributed by atoms with Gasteiger partial charge in [-0.25, -0.2) is 4.98 Å². The summed E-state index contributed by atoms with van der Waals surface area (Å²) < 4.78 is 2.55. The molecule has 84 valence electrons. The minimum Gasteiger partial charge on any atom is -0.315 e. The molecule has 2 aromatic rings. The van der Waals surface area contributed by atoms with E-state index in [1.807, 2.05) is 11.4 Å². The number of hydrogen-bond acceptors (Lipinski definition) is 4. The van der Waals surface area contributed by atoms with Crippen molar-refractivity contribution in [2.24, 2.45) is 0 Å². The summed E-state index contributed by atoms with van der Waals surface area (Å²) in [6.07, 6.45) is 3.88. The van der Waals surface area contributed by atoms with Crippen LogP contribution in [0, 0.1) is 0 Å². The second kappa shape index (κ2) is 3.99. The van der Waals surface area contributed by atoms with Crippen molar-refractivity contribution in [3.05, 3.63) is 28.1 Å². The normalized spacial score (nSPS) is 21.4. The summed E-state index contributed by atoms with van der Waals surface area (Å²) in [4.78, 5) is 16.5. The molecule has 3 rings (SSSR count). The molecule has 1 aliphatic rings. The molecule has 1 unspecified atom stereocenters. The number of nitrogens with zero attached hydrogens (tertiary/aromatic N) is 2. The summed E-state index contributed by atoms with van der Waals surface area (Å²) in [5.41, 5.74) is 0.920. The Morgan fingerprint density at radius 1 is 1.56 bits per heavy atom. The molecule has 2 aromatic heterocycles. The van der Waals surface area contributed by atoms with Gasteiger partial charge in [-0.15, -0.1) is 11.3 Å². The molecule has 1 aliphatic heterocycles. The highest BCUT2D eigenvalue weighted by molar-refractivity contribution is 7.17. The SMILES string of the molecule is O=c1c2sccc2ncn1C1CCCNC1. The van der Waals surface area contributed by atoms with Crippen molar-refractivity contribution in [3.8, 4) is 0 Å². The standard InChI is InChI=1S/C11H13N3OS/c15-11-10-9(3-5-16-10)13-7-14(11)8-2-1-4-12-6-8/h3,5,7-8,12H,1-2,4,6H2. The van der Waals surface area contributed by atoms with Crippen LogP contribution in [0.4, 0.5) is 0 Å². The number of thiophene rings is 1. The number of fused-ring (bicyclic) bond motifs is 1. The zero-order chi connectivity index (χ0) is 11.0. The Kier molecular flexibility index (Phi) is 2.49. The van der Waals surface area contributed by atoms with Crippen LogP contribution in [0.1, 0.15) is 18.9 Å². The summed E-state index contributed by atoms with van der Waals surface area (Å²) in [7, 11) is 0. The zero-order valence-electron chi connectivity index (χ0n) is 8.85. The van der Waals surface area contributed by atoms with Crippen LogP contribution in [0.3, 0.4) is 0 Å². The van der Waals surface area contributed by atoms with Gasteiger partial charge in [0.25, 0.3) is 5.56 Å². The van der Waals surface area contributed by atoms with Crippen LogP contribution in [0.25, 0.3) is 10.2 Å². The van der Waals surface area contributed by atoms with Crippen molar-refractivity contribution in [2.45, 2.75) is 18.9 Å². The van der Waals surface area contributed by atoms with Crippen LogP contribution in [-0.2, 0) is 0 Å². The molecule has 0 aromatic carbocycles. The summed E-state index contributed by atoms with van der Waals surface area (Å²) >= 11 is 1.48. The van der Waals surface area contributed by atoms with E-state index in [2.05, 4.69) is 10.3 Å². The van der Waals surface area contributed by atoms with Crippen molar-refractivity contribution in [2.75, 3.05) is 13.1 Å². The maximum atomic E-state index is 12.2. The quantitative estimate of drug-likeness (QED) is 0.812. The smallest absolute Gasteiger partial charge is 0.271 e. The van der Waals surface area contributed by atoms with Gasteiger partial charge in [-0.05, 0) is 30.8 Å². The Hall–Kier alpha value is -1.20. The first kappa shape index (κ1) is 9.99. The second-order valence-electron chi connectivity index (χ2n) is 4.09. The Balaban J connectivity index is 2.09. The van der Waals surface area contributed by atoms with Crippen LogP contribution >= 0.6 is 11.3 Å². The van der Waals surface area contributed by atoms with Gasteiger partial charge in [-0.3, -0.25) is 9.36 Å². The predicted octanol–water partition coefficient (Wildman–Crippen LogP) is 1.38. The van der Waals surface area contributed by atoms with Crippen LogP contribution in [0.5, 0.6) is 0 Å². The maximum Gasteiger partial charge on any atom is 0.271 e. The molecule has 1 N–H and O–H groups in total. The lowest BCUT2D eigenvalue weighted by Crippen LogP contribution is -2.36. The molecule has 5 heteroatoms. The van der Waals surface area contributed by atoms with E-state index in [0.717, 1.165) is 36.1 Å². The topological polar surface area (TPSA) is 46.9 Å². The first-order valence-corrected chi connectivity index (χ1v) is 6.39. The lowest BCUT2D eigenvalue weighted by molar-refractivity contribution is 0.363. The highest BCUT2D eigenvalue weighted by Gasteiger charge is 2.17. The van der Waals surface area contributed by atoms with Crippen LogP contribution < -0.4 is 10.9 Å². The monoisotopic (exact) mass is 235 g/mol. The molecular formula is C11H13N3OS. The average molecular weight is 235 g/mol. The van der Waals surface area contributed by atoms with Gasteiger partial charge in [0.1, 0.15) is 4.70 Å². The van der Waals surface area contributed by atoms with E-state index in [1.165, 1.54) is 11.3 Å². The zero-order valence-corrected chi connectivity index (χ0v) is 9.67. The minimum absolute atomic E-state index is 0.105. The lowest BCUT2D eigenvalue weighted by Gasteiger charge is -2.24. The van der Waals surface area contributed by atoms with Gasteiger partial charge in [-0.1, -0.05) is 0 Å². The minimum atomic E-state index is 0.105. The molecule has 0 radical (unpaired) electrons. The van der Waals surface area contributed by atoms with Crippen LogP contribution in [0.15, 0.2) is 22.6 Å². The lowest BCUT2D eigenvalue weighted by atomic mass is 10.1. The molecule has 0 aliphatic carbocycles. The molecular weight excluding hydrogens is 222 g/mol. The number of piperidine rings is 1. The summed E-state index contributed by atoms with van der Waals surface area (Å²) in [6, 6.07) is 2.16. The number of hydrogen-bond donors (Lipinski definition) is 1. The Morgan fingerprint density at radius 2 is 2.50 bits per heavy atom. The molecule has 0 spiro atoms. The van der Waals surface area contributed by atoms with Crippen molar-refractivity contribution < 1.29 is 0 Å². The van der Waals surface area contributed by atoms with E-state index in [0.29, 0.717) is 0 Å². The molecule has 0 amide bonds. The average Bonchev–Trinajstić information content (AvgIpc) is 2.80. The van der Waals surface area contributed by atoms with Gasteiger partial charge in [-0.2, -0.15) is 0 Å². The summed E-state index contributed by atoms with van der Waals surface area (Å²) in [5, 5.41) is 5.24. The van der Waals surface area contributed by atoms with E-state index in [4.69, 9.17) is 0 Å². The largest absolute Gasteiger partial charge is 0.315 e. The van der Waals surface area contributed by atoms with Crippen molar-refractivity contribution in [1.82, 2.24) is 14.9 Å². The second-order valence-corrected chi connectivity index (χ2v) is 5.01. The summed E-state index contributed by atoms with van der Waals surface area (Å²) in [5.74, 6) is 0. The summed E-state index contributed by atoms with van der Waals surface area (Å²) in [6.45, 7) is 1.93.